The number of rotatable bonds is 6. The highest BCUT2D eigenvalue weighted by atomic mass is 16.3. The summed E-state index contributed by atoms with van der Waals surface area (Å²) in [4.78, 5) is 0. The Morgan fingerprint density at radius 2 is 1.95 bits per heavy atom. The third-order valence-corrected chi connectivity index (χ3v) is 2.83. The molecule has 102 valence electrons. The molecular formula is C14H20N4O. The lowest BCUT2D eigenvalue weighted by molar-refractivity contribution is 0.276. The van der Waals surface area contributed by atoms with Gasteiger partial charge in [-0.2, -0.15) is 0 Å². The van der Waals surface area contributed by atoms with E-state index in [-0.39, 0.29) is 6.61 Å². The first kappa shape index (κ1) is 13.5. The molecule has 0 fully saturated rings. The van der Waals surface area contributed by atoms with Gasteiger partial charge in [-0.15, -0.1) is 5.10 Å². The average Bonchev–Trinajstić information content (AvgIpc) is 2.81. The standard InChI is InChI=1S/C14H20N4O/c1-11-6-12(2)8-13(7-11)15-9-14-10-18(17-16-14)4-3-5-19/h6-8,10,15,19H,3-5,9H2,1-2H3. The van der Waals surface area contributed by atoms with Gasteiger partial charge in [-0.1, -0.05) is 11.3 Å². The second-order valence-corrected chi connectivity index (χ2v) is 4.78. The van der Waals surface area contributed by atoms with E-state index in [1.54, 1.807) is 4.68 Å². The lowest BCUT2D eigenvalue weighted by atomic mass is 10.1. The van der Waals surface area contributed by atoms with Crippen molar-refractivity contribution in [3.63, 3.8) is 0 Å². The van der Waals surface area contributed by atoms with Gasteiger partial charge in [0, 0.05) is 18.8 Å². The highest BCUT2D eigenvalue weighted by molar-refractivity contribution is 5.48. The maximum atomic E-state index is 8.76. The molecule has 2 aromatic rings. The van der Waals surface area contributed by atoms with Gasteiger partial charge in [-0.3, -0.25) is 4.68 Å². The Balaban J connectivity index is 1.92. The predicted octanol–water partition coefficient (Wildman–Crippen LogP) is 1.89. The molecule has 0 aliphatic carbocycles. The zero-order valence-electron chi connectivity index (χ0n) is 11.4. The van der Waals surface area contributed by atoms with Gasteiger partial charge < -0.3 is 10.4 Å². The van der Waals surface area contributed by atoms with Crippen molar-refractivity contribution in [2.75, 3.05) is 11.9 Å². The number of aryl methyl sites for hydroxylation is 3. The van der Waals surface area contributed by atoms with Crippen LogP contribution in [-0.4, -0.2) is 26.7 Å². The fourth-order valence-electron chi connectivity index (χ4n) is 2.03. The van der Waals surface area contributed by atoms with Crippen LogP contribution < -0.4 is 5.32 Å². The summed E-state index contributed by atoms with van der Waals surface area (Å²) >= 11 is 0. The highest BCUT2D eigenvalue weighted by Gasteiger charge is 2.01. The van der Waals surface area contributed by atoms with E-state index in [4.69, 9.17) is 5.11 Å². The van der Waals surface area contributed by atoms with Crippen molar-refractivity contribution in [2.45, 2.75) is 33.4 Å². The van der Waals surface area contributed by atoms with E-state index in [1.807, 2.05) is 6.20 Å². The Morgan fingerprint density at radius 3 is 2.63 bits per heavy atom. The van der Waals surface area contributed by atoms with Crippen LogP contribution in [0.5, 0.6) is 0 Å². The molecule has 0 saturated heterocycles. The second kappa shape index (κ2) is 6.33. The van der Waals surface area contributed by atoms with Gasteiger partial charge >= 0.3 is 0 Å². The van der Waals surface area contributed by atoms with Crippen molar-refractivity contribution in [2.24, 2.45) is 0 Å². The highest BCUT2D eigenvalue weighted by Crippen LogP contribution is 2.14. The van der Waals surface area contributed by atoms with E-state index in [0.29, 0.717) is 19.5 Å². The number of aliphatic hydroxyl groups is 1. The molecule has 0 atom stereocenters. The fraction of sp³-hybridized carbons (Fsp3) is 0.429. The summed E-state index contributed by atoms with van der Waals surface area (Å²) in [6.45, 7) is 5.71. The number of aliphatic hydroxyl groups excluding tert-OH is 1. The van der Waals surface area contributed by atoms with Crippen molar-refractivity contribution in [1.29, 1.82) is 0 Å². The molecule has 0 aliphatic rings. The summed E-state index contributed by atoms with van der Waals surface area (Å²) in [5, 5.41) is 20.2. The normalized spacial score (nSPS) is 10.7. The summed E-state index contributed by atoms with van der Waals surface area (Å²) in [6, 6.07) is 6.38. The molecule has 0 saturated carbocycles. The predicted molar refractivity (Wildman–Crippen MR) is 75.0 cm³/mol. The molecule has 2 rings (SSSR count). The number of nitrogens with one attached hydrogen (secondary N) is 1. The summed E-state index contributed by atoms with van der Waals surface area (Å²) < 4.78 is 1.76. The molecule has 0 aliphatic heterocycles. The molecule has 0 bridgehead atoms. The molecule has 19 heavy (non-hydrogen) atoms. The van der Waals surface area contributed by atoms with E-state index in [9.17, 15) is 0 Å². The lowest BCUT2D eigenvalue weighted by Crippen LogP contribution is -2.01. The van der Waals surface area contributed by atoms with E-state index in [0.717, 1.165) is 11.4 Å². The zero-order valence-corrected chi connectivity index (χ0v) is 11.4. The Kier molecular flexibility index (Phi) is 4.52. The molecule has 1 aromatic carbocycles. The Bertz CT molecular complexity index is 516. The maximum Gasteiger partial charge on any atom is 0.102 e. The first-order chi connectivity index (χ1) is 9.17. The largest absolute Gasteiger partial charge is 0.396 e. The SMILES string of the molecule is Cc1cc(C)cc(NCc2cn(CCCO)nn2)c1. The van der Waals surface area contributed by atoms with Gasteiger partial charge in [0.05, 0.1) is 12.7 Å². The number of nitrogens with zero attached hydrogens (tertiary/aromatic N) is 3. The van der Waals surface area contributed by atoms with Crippen molar-refractivity contribution < 1.29 is 5.11 Å². The first-order valence-electron chi connectivity index (χ1n) is 6.49. The van der Waals surface area contributed by atoms with Gasteiger partial charge in [0.25, 0.3) is 0 Å². The summed E-state index contributed by atoms with van der Waals surface area (Å²) in [6.07, 6.45) is 2.61. The fourth-order valence-corrected chi connectivity index (χ4v) is 2.03. The molecule has 5 nitrogen and oxygen atoms in total. The van der Waals surface area contributed by atoms with Crippen molar-refractivity contribution in [3.05, 3.63) is 41.2 Å². The van der Waals surface area contributed by atoms with Crippen molar-refractivity contribution in [3.8, 4) is 0 Å². The molecule has 0 unspecified atom stereocenters. The smallest absolute Gasteiger partial charge is 0.102 e. The van der Waals surface area contributed by atoms with Gasteiger partial charge in [0.1, 0.15) is 5.69 Å². The first-order valence-corrected chi connectivity index (χ1v) is 6.49. The van der Waals surface area contributed by atoms with Crippen LogP contribution in [0.15, 0.2) is 24.4 Å². The quantitative estimate of drug-likeness (QED) is 0.832. The second-order valence-electron chi connectivity index (χ2n) is 4.78. The van der Waals surface area contributed by atoms with E-state index >= 15 is 0 Å². The van der Waals surface area contributed by atoms with Gasteiger partial charge in [-0.25, -0.2) is 0 Å². The molecule has 1 aromatic heterocycles. The van der Waals surface area contributed by atoms with Crippen LogP contribution in [0.3, 0.4) is 0 Å². The van der Waals surface area contributed by atoms with E-state index in [2.05, 4.69) is 47.7 Å². The van der Waals surface area contributed by atoms with Crippen LogP contribution in [0.1, 0.15) is 23.2 Å². The summed E-state index contributed by atoms with van der Waals surface area (Å²) in [7, 11) is 0. The summed E-state index contributed by atoms with van der Waals surface area (Å²) in [5.41, 5.74) is 4.49. The monoisotopic (exact) mass is 260 g/mol. The van der Waals surface area contributed by atoms with Crippen molar-refractivity contribution in [1.82, 2.24) is 15.0 Å². The minimum atomic E-state index is 0.177. The van der Waals surface area contributed by atoms with Gasteiger partial charge in [0.15, 0.2) is 0 Å². The Labute approximate surface area is 113 Å². The number of aromatic nitrogens is 3. The Morgan fingerprint density at radius 1 is 1.21 bits per heavy atom. The van der Waals surface area contributed by atoms with Crippen LogP contribution in [0.2, 0.25) is 0 Å². The van der Waals surface area contributed by atoms with Crippen LogP contribution in [0.25, 0.3) is 0 Å². The van der Waals surface area contributed by atoms with E-state index in [1.165, 1.54) is 11.1 Å². The topological polar surface area (TPSA) is 63.0 Å². The lowest BCUT2D eigenvalue weighted by Gasteiger charge is -2.06. The van der Waals surface area contributed by atoms with Crippen LogP contribution in [-0.2, 0) is 13.1 Å². The van der Waals surface area contributed by atoms with Crippen LogP contribution in [0.4, 0.5) is 5.69 Å². The summed E-state index contributed by atoms with van der Waals surface area (Å²) in [5.74, 6) is 0. The Hall–Kier alpha value is -1.88. The maximum absolute atomic E-state index is 8.76. The molecule has 5 heteroatoms. The molecule has 2 N–H and O–H groups in total. The molecule has 1 heterocycles. The zero-order chi connectivity index (χ0) is 13.7. The number of benzene rings is 1. The van der Waals surface area contributed by atoms with Crippen molar-refractivity contribution >= 4 is 5.69 Å². The number of anilines is 1. The molecule has 0 amide bonds. The van der Waals surface area contributed by atoms with Gasteiger partial charge in [-0.05, 0) is 43.5 Å². The molecule has 0 spiro atoms. The average molecular weight is 260 g/mol. The third kappa shape index (κ3) is 4.06. The van der Waals surface area contributed by atoms with Crippen LogP contribution in [0, 0.1) is 13.8 Å². The minimum Gasteiger partial charge on any atom is -0.396 e. The third-order valence-electron chi connectivity index (χ3n) is 2.83. The van der Waals surface area contributed by atoms with Crippen LogP contribution >= 0.6 is 0 Å². The molecule has 0 radical (unpaired) electrons. The van der Waals surface area contributed by atoms with E-state index < -0.39 is 0 Å². The minimum absolute atomic E-state index is 0.177. The van der Waals surface area contributed by atoms with Gasteiger partial charge in [0.2, 0.25) is 0 Å². The number of hydrogen-bond acceptors (Lipinski definition) is 4. The number of hydrogen-bond donors (Lipinski definition) is 2. The molecular weight excluding hydrogens is 240 g/mol.